The van der Waals surface area contributed by atoms with Crippen LogP contribution in [0.2, 0.25) is 0 Å². The van der Waals surface area contributed by atoms with Gasteiger partial charge in [-0.05, 0) is 88.1 Å². The van der Waals surface area contributed by atoms with Crippen LogP contribution in [-0.2, 0) is 9.53 Å². The van der Waals surface area contributed by atoms with Gasteiger partial charge in [0.15, 0.2) is 0 Å². The van der Waals surface area contributed by atoms with Gasteiger partial charge in [0.05, 0.1) is 31.0 Å². The molecule has 0 saturated heterocycles. The maximum atomic E-state index is 11.1. The Balaban J connectivity index is 1.68. The normalized spacial score (nSPS) is 17.3. The van der Waals surface area contributed by atoms with Crippen LogP contribution < -0.4 is 20.5 Å². The van der Waals surface area contributed by atoms with Crippen molar-refractivity contribution in [2.75, 3.05) is 20.3 Å². The molecule has 2 aromatic carbocycles. The molecule has 1 aliphatic rings. The number of hydrogen-bond acceptors (Lipinski definition) is 6. The van der Waals surface area contributed by atoms with E-state index in [0.29, 0.717) is 26.0 Å². The number of carbonyl (C=O) groups excluding carboxylic acids is 1. The SMILES string of the molecule is COc1ccc2c(c1)/C=C(/c1ccc(OCCC(C)(C)OCCC(C)(C)N)cc1)CC(NC=O)C=N2. The van der Waals surface area contributed by atoms with Gasteiger partial charge < -0.3 is 25.3 Å². The molecule has 0 fully saturated rings. The lowest BCUT2D eigenvalue weighted by Gasteiger charge is -2.27. The summed E-state index contributed by atoms with van der Waals surface area (Å²) < 4.78 is 17.4. The summed E-state index contributed by atoms with van der Waals surface area (Å²) in [7, 11) is 1.65. The average molecular weight is 494 g/mol. The van der Waals surface area contributed by atoms with Crippen LogP contribution >= 0.6 is 0 Å². The van der Waals surface area contributed by atoms with Gasteiger partial charge in [-0.25, -0.2) is 0 Å². The minimum absolute atomic E-state index is 0.202. The van der Waals surface area contributed by atoms with Gasteiger partial charge in [-0.2, -0.15) is 0 Å². The largest absolute Gasteiger partial charge is 0.497 e. The van der Waals surface area contributed by atoms with Crippen molar-refractivity contribution in [1.29, 1.82) is 0 Å². The van der Waals surface area contributed by atoms with Crippen molar-refractivity contribution in [3.8, 4) is 11.5 Å². The summed E-state index contributed by atoms with van der Waals surface area (Å²) >= 11 is 0. The number of rotatable bonds is 12. The van der Waals surface area contributed by atoms with Crippen LogP contribution in [0.1, 0.15) is 58.1 Å². The van der Waals surface area contributed by atoms with Crippen molar-refractivity contribution >= 4 is 30.0 Å². The first-order valence-electron chi connectivity index (χ1n) is 12.4. The fourth-order valence-corrected chi connectivity index (χ4v) is 3.83. The molecule has 194 valence electrons. The Morgan fingerprint density at radius 1 is 1.06 bits per heavy atom. The highest BCUT2D eigenvalue weighted by Crippen LogP contribution is 2.33. The molecule has 2 aromatic rings. The van der Waals surface area contributed by atoms with Crippen LogP contribution in [0.15, 0.2) is 47.5 Å². The van der Waals surface area contributed by atoms with Crippen molar-refractivity contribution in [2.45, 2.75) is 64.1 Å². The maximum absolute atomic E-state index is 11.1. The van der Waals surface area contributed by atoms with E-state index in [-0.39, 0.29) is 17.2 Å². The van der Waals surface area contributed by atoms with Gasteiger partial charge in [-0.15, -0.1) is 0 Å². The first kappa shape index (κ1) is 27.4. The summed E-state index contributed by atoms with van der Waals surface area (Å²) in [4.78, 5) is 15.7. The first-order valence-corrected chi connectivity index (χ1v) is 12.4. The van der Waals surface area contributed by atoms with E-state index in [9.17, 15) is 4.79 Å². The van der Waals surface area contributed by atoms with E-state index < -0.39 is 0 Å². The summed E-state index contributed by atoms with van der Waals surface area (Å²) in [6.45, 7) is 9.33. The Labute approximate surface area is 214 Å². The van der Waals surface area contributed by atoms with Crippen LogP contribution in [0.25, 0.3) is 11.6 Å². The number of fused-ring (bicyclic) bond motifs is 1. The molecular formula is C29H39N3O4. The molecular weight excluding hydrogens is 454 g/mol. The lowest BCUT2D eigenvalue weighted by Crippen LogP contribution is -2.35. The van der Waals surface area contributed by atoms with Crippen molar-refractivity contribution in [3.05, 3.63) is 53.6 Å². The number of nitrogens with zero attached hydrogens (tertiary/aromatic N) is 1. The summed E-state index contributed by atoms with van der Waals surface area (Å²) in [6, 6.07) is 13.6. The predicted molar refractivity (Wildman–Crippen MR) is 146 cm³/mol. The predicted octanol–water partition coefficient (Wildman–Crippen LogP) is 5.15. The second-order valence-electron chi connectivity index (χ2n) is 10.4. The molecule has 7 heteroatoms. The van der Waals surface area contributed by atoms with E-state index >= 15 is 0 Å². The van der Waals surface area contributed by atoms with Gasteiger partial charge in [-0.3, -0.25) is 9.79 Å². The van der Waals surface area contributed by atoms with Crippen LogP contribution in [-0.4, -0.2) is 50.1 Å². The van der Waals surface area contributed by atoms with Gasteiger partial charge in [-0.1, -0.05) is 12.1 Å². The molecule has 7 nitrogen and oxygen atoms in total. The molecule has 1 unspecified atom stereocenters. The monoisotopic (exact) mass is 493 g/mol. The van der Waals surface area contributed by atoms with Crippen LogP contribution in [0.3, 0.4) is 0 Å². The topological polar surface area (TPSA) is 95.2 Å². The minimum Gasteiger partial charge on any atom is -0.497 e. The number of aliphatic imine (C=N–C) groups is 1. The molecule has 0 radical (unpaired) electrons. The van der Waals surface area contributed by atoms with E-state index in [1.165, 1.54) is 0 Å². The highest BCUT2D eigenvalue weighted by Gasteiger charge is 2.20. The van der Waals surface area contributed by atoms with E-state index in [4.69, 9.17) is 19.9 Å². The minimum atomic E-state index is -0.286. The maximum Gasteiger partial charge on any atom is 0.207 e. The number of nitrogens with two attached hydrogens (primary N) is 1. The van der Waals surface area contributed by atoms with Crippen LogP contribution in [0, 0.1) is 0 Å². The second-order valence-corrected chi connectivity index (χ2v) is 10.4. The third kappa shape index (κ3) is 8.50. The van der Waals surface area contributed by atoms with Crippen molar-refractivity contribution in [3.63, 3.8) is 0 Å². The van der Waals surface area contributed by atoms with Crippen molar-refractivity contribution < 1.29 is 19.0 Å². The van der Waals surface area contributed by atoms with Crippen molar-refractivity contribution in [2.24, 2.45) is 10.7 Å². The molecule has 0 saturated carbocycles. The van der Waals surface area contributed by atoms with E-state index in [1.54, 1.807) is 13.3 Å². The Morgan fingerprint density at radius 3 is 2.44 bits per heavy atom. The zero-order valence-electron chi connectivity index (χ0n) is 22.0. The lowest BCUT2D eigenvalue weighted by molar-refractivity contribution is -0.109. The molecule has 1 amide bonds. The van der Waals surface area contributed by atoms with Gasteiger partial charge in [0.2, 0.25) is 6.41 Å². The summed E-state index contributed by atoms with van der Waals surface area (Å²) in [5.74, 6) is 1.57. The second kappa shape index (κ2) is 12.2. The average Bonchev–Trinajstić information content (AvgIpc) is 2.80. The third-order valence-electron chi connectivity index (χ3n) is 6.12. The molecule has 0 bridgehead atoms. The summed E-state index contributed by atoms with van der Waals surface area (Å²) in [6.07, 6.45) is 6.78. The fourth-order valence-electron chi connectivity index (χ4n) is 3.83. The van der Waals surface area contributed by atoms with E-state index in [2.05, 4.69) is 30.2 Å². The number of hydrogen-bond donors (Lipinski definition) is 2. The number of benzene rings is 2. The molecule has 0 aromatic heterocycles. The number of nitrogens with one attached hydrogen (secondary N) is 1. The number of carbonyl (C=O) groups is 1. The van der Waals surface area contributed by atoms with Gasteiger partial charge in [0.1, 0.15) is 11.5 Å². The molecule has 0 spiro atoms. The molecule has 3 N–H and O–H groups in total. The summed E-state index contributed by atoms with van der Waals surface area (Å²) in [5.41, 5.74) is 9.45. The highest BCUT2D eigenvalue weighted by molar-refractivity contribution is 5.90. The van der Waals surface area contributed by atoms with Gasteiger partial charge >= 0.3 is 0 Å². The highest BCUT2D eigenvalue weighted by atomic mass is 16.5. The van der Waals surface area contributed by atoms with Crippen LogP contribution in [0.5, 0.6) is 11.5 Å². The van der Waals surface area contributed by atoms with E-state index in [0.717, 1.165) is 46.7 Å². The standard InChI is InChI=1S/C29H39N3O4/c1-28(2,30)12-15-36-29(3,4)13-14-35-25-8-6-21(7-9-25)22-16-23-18-26(34-5)10-11-27(23)31-19-24(17-22)32-20-33/h6-11,16,18-20,24H,12-15,17,30H2,1-5H3,(H,32,33)/b22-16+,31-19?. The zero-order valence-corrected chi connectivity index (χ0v) is 22.0. The molecule has 1 aliphatic heterocycles. The molecule has 1 heterocycles. The Kier molecular flexibility index (Phi) is 9.29. The Hall–Kier alpha value is -3.16. The van der Waals surface area contributed by atoms with Crippen LogP contribution in [0.4, 0.5) is 5.69 Å². The third-order valence-corrected chi connectivity index (χ3v) is 6.12. The molecule has 3 rings (SSSR count). The quantitative estimate of drug-likeness (QED) is 0.399. The van der Waals surface area contributed by atoms with E-state index in [1.807, 2.05) is 56.3 Å². The summed E-state index contributed by atoms with van der Waals surface area (Å²) in [5, 5.41) is 2.84. The number of methoxy groups -OCH3 is 1. The smallest absolute Gasteiger partial charge is 0.207 e. The number of amides is 1. The van der Waals surface area contributed by atoms with Gasteiger partial charge in [0, 0.05) is 30.3 Å². The Morgan fingerprint density at radius 2 is 1.78 bits per heavy atom. The molecule has 36 heavy (non-hydrogen) atoms. The zero-order chi connectivity index (χ0) is 26.2. The van der Waals surface area contributed by atoms with Gasteiger partial charge in [0.25, 0.3) is 0 Å². The number of ether oxygens (including phenoxy) is 3. The first-order chi connectivity index (χ1) is 17.1. The Bertz CT molecular complexity index is 1070. The van der Waals surface area contributed by atoms with Crippen molar-refractivity contribution in [1.82, 2.24) is 5.32 Å². The molecule has 1 atom stereocenters. The lowest BCUT2D eigenvalue weighted by atomic mass is 9.95. The molecule has 0 aliphatic carbocycles. The fraction of sp³-hybridized carbons (Fsp3) is 0.448.